The van der Waals surface area contributed by atoms with Crippen LogP contribution >= 0.6 is 11.6 Å². The number of rotatable bonds is 3. The molecule has 0 radical (unpaired) electrons. The average molecular weight is 271 g/mol. The molecule has 0 N–H and O–H groups in total. The van der Waals surface area contributed by atoms with Crippen LogP contribution in [0.2, 0.25) is 5.15 Å². The zero-order valence-corrected chi connectivity index (χ0v) is 11.8. The van der Waals surface area contributed by atoms with E-state index in [1.165, 1.54) is 12.7 Å². The first-order valence-electron chi connectivity index (χ1n) is 6.33. The molecule has 1 aromatic heterocycles. The Hall–Kier alpha value is -1.03. The molecule has 0 aromatic carbocycles. The molecule has 1 aromatic rings. The van der Waals surface area contributed by atoms with E-state index in [0.717, 1.165) is 18.8 Å². The quantitative estimate of drug-likeness (QED) is 0.790. The van der Waals surface area contributed by atoms with Gasteiger partial charge in [-0.25, -0.2) is 4.98 Å². The monoisotopic (exact) mass is 270 g/mol. The Bertz CT molecular complexity index is 414. The largest absolute Gasteiger partial charge is 0.489 e. The van der Waals surface area contributed by atoms with Crippen molar-refractivity contribution in [3.05, 3.63) is 11.5 Å². The lowest BCUT2D eigenvalue weighted by atomic mass is 9.80. The summed E-state index contributed by atoms with van der Waals surface area (Å²) >= 11 is 5.94. The van der Waals surface area contributed by atoms with Crippen molar-refractivity contribution >= 4 is 11.6 Å². The Morgan fingerprint density at radius 2 is 2.00 bits per heavy atom. The maximum absolute atomic E-state index is 5.94. The van der Waals surface area contributed by atoms with Gasteiger partial charge in [0.2, 0.25) is 5.75 Å². The lowest BCUT2D eigenvalue weighted by molar-refractivity contribution is 0.0931. The van der Waals surface area contributed by atoms with Crippen LogP contribution in [-0.2, 0) is 0 Å². The van der Waals surface area contributed by atoms with Gasteiger partial charge in [0.15, 0.2) is 5.15 Å². The summed E-state index contributed by atoms with van der Waals surface area (Å²) in [6.07, 6.45) is 4.88. The number of aromatic nitrogens is 2. The summed E-state index contributed by atoms with van der Waals surface area (Å²) in [6.45, 7) is 4.56. The molecular weight excluding hydrogens is 252 g/mol. The van der Waals surface area contributed by atoms with Crippen LogP contribution < -0.4 is 9.47 Å². The van der Waals surface area contributed by atoms with Crippen LogP contribution in [-0.4, -0.2) is 23.2 Å². The van der Waals surface area contributed by atoms with Crippen molar-refractivity contribution in [1.82, 2.24) is 9.97 Å². The van der Waals surface area contributed by atoms with E-state index in [1.54, 1.807) is 7.11 Å². The zero-order chi connectivity index (χ0) is 13.1. The lowest BCUT2D eigenvalue weighted by Gasteiger charge is -2.32. The molecule has 100 valence electrons. The Balaban J connectivity index is 2.08. The van der Waals surface area contributed by atoms with Crippen LogP contribution in [0.1, 0.15) is 33.1 Å². The second-order valence-corrected chi connectivity index (χ2v) is 5.37. The first-order chi connectivity index (χ1) is 8.61. The molecule has 1 saturated carbocycles. The van der Waals surface area contributed by atoms with Crippen LogP contribution in [0.25, 0.3) is 0 Å². The normalized spacial score (nSPS) is 27.9. The highest BCUT2D eigenvalue weighted by Crippen LogP contribution is 2.35. The van der Waals surface area contributed by atoms with Crippen molar-refractivity contribution in [1.29, 1.82) is 0 Å². The number of ether oxygens (including phenoxy) is 2. The van der Waals surface area contributed by atoms with Gasteiger partial charge in [0.1, 0.15) is 12.4 Å². The van der Waals surface area contributed by atoms with Gasteiger partial charge < -0.3 is 9.47 Å². The predicted molar refractivity (Wildman–Crippen MR) is 70.2 cm³/mol. The summed E-state index contributed by atoms with van der Waals surface area (Å²) in [5, 5.41) is 0.291. The molecule has 2 rings (SSSR count). The van der Waals surface area contributed by atoms with E-state index in [4.69, 9.17) is 21.1 Å². The van der Waals surface area contributed by atoms with Crippen molar-refractivity contribution in [3.63, 3.8) is 0 Å². The standard InChI is InChI=1S/C13H19ClN2O2/c1-8-4-5-10(6-9(8)2)18-13-11(17-3)12(14)15-7-16-13/h7-10H,4-6H2,1-3H3. The number of hydrogen-bond donors (Lipinski definition) is 0. The van der Waals surface area contributed by atoms with Crippen LogP contribution in [0, 0.1) is 11.8 Å². The van der Waals surface area contributed by atoms with Crippen LogP contribution in [0.4, 0.5) is 0 Å². The molecule has 3 atom stereocenters. The second-order valence-electron chi connectivity index (χ2n) is 5.01. The van der Waals surface area contributed by atoms with Gasteiger partial charge in [-0.2, -0.15) is 4.98 Å². The fourth-order valence-electron chi connectivity index (χ4n) is 2.36. The van der Waals surface area contributed by atoms with E-state index in [2.05, 4.69) is 23.8 Å². The van der Waals surface area contributed by atoms with Gasteiger partial charge in [-0.3, -0.25) is 0 Å². The highest BCUT2D eigenvalue weighted by Gasteiger charge is 2.27. The third-order valence-electron chi connectivity index (χ3n) is 3.76. The van der Waals surface area contributed by atoms with E-state index < -0.39 is 0 Å². The molecular formula is C13H19ClN2O2. The third kappa shape index (κ3) is 2.86. The van der Waals surface area contributed by atoms with Crippen molar-refractivity contribution < 1.29 is 9.47 Å². The number of methoxy groups -OCH3 is 1. The molecule has 0 amide bonds. The van der Waals surface area contributed by atoms with Gasteiger partial charge in [0.25, 0.3) is 5.88 Å². The molecule has 0 bridgehead atoms. The SMILES string of the molecule is COc1c(Cl)ncnc1OC1CCC(C)C(C)C1. The van der Waals surface area contributed by atoms with Crippen LogP contribution in [0.3, 0.4) is 0 Å². The first kappa shape index (κ1) is 13.4. The minimum absolute atomic E-state index is 0.191. The summed E-state index contributed by atoms with van der Waals surface area (Å²) in [5.41, 5.74) is 0. The smallest absolute Gasteiger partial charge is 0.262 e. The highest BCUT2D eigenvalue weighted by molar-refractivity contribution is 6.31. The zero-order valence-electron chi connectivity index (χ0n) is 11.0. The predicted octanol–water partition coefficient (Wildman–Crippen LogP) is 3.34. The molecule has 4 nitrogen and oxygen atoms in total. The number of halogens is 1. The van der Waals surface area contributed by atoms with Crippen LogP contribution in [0.5, 0.6) is 11.6 Å². The van der Waals surface area contributed by atoms with Gasteiger partial charge in [-0.1, -0.05) is 25.4 Å². The molecule has 1 fully saturated rings. The topological polar surface area (TPSA) is 44.2 Å². The average Bonchev–Trinajstić information content (AvgIpc) is 2.34. The summed E-state index contributed by atoms with van der Waals surface area (Å²) in [5.74, 6) is 2.31. The van der Waals surface area contributed by atoms with Crippen molar-refractivity contribution in [3.8, 4) is 11.6 Å². The van der Waals surface area contributed by atoms with Gasteiger partial charge in [-0.15, -0.1) is 0 Å². The molecule has 0 aliphatic heterocycles. The third-order valence-corrected chi connectivity index (χ3v) is 4.03. The molecule has 5 heteroatoms. The summed E-state index contributed by atoms with van der Waals surface area (Å²) < 4.78 is 11.1. The van der Waals surface area contributed by atoms with Crippen LogP contribution in [0.15, 0.2) is 6.33 Å². The maximum atomic E-state index is 5.94. The molecule has 0 spiro atoms. The molecule has 1 heterocycles. The molecule has 18 heavy (non-hydrogen) atoms. The number of hydrogen-bond acceptors (Lipinski definition) is 4. The Labute approximate surface area is 113 Å². The molecule has 1 aliphatic carbocycles. The summed E-state index contributed by atoms with van der Waals surface area (Å²) in [7, 11) is 1.54. The Kier molecular flexibility index (Phi) is 4.27. The van der Waals surface area contributed by atoms with Gasteiger partial charge in [0, 0.05) is 0 Å². The fraction of sp³-hybridized carbons (Fsp3) is 0.692. The first-order valence-corrected chi connectivity index (χ1v) is 6.70. The van der Waals surface area contributed by atoms with E-state index in [9.17, 15) is 0 Å². The minimum atomic E-state index is 0.191. The van der Waals surface area contributed by atoms with Crippen molar-refractivity contribution in [2.45, 2.75) is 39.2 Å². The van der Waals surface area contributed by atoms with E-state index in [-0.39, 0.29) is 6.10 Å². The van der Waals surface area contributed by atoms with Crippen molar-refractivity contribution in [2.24, 2.45) is 11.8 Å². The minimum Gasteiger partial charge on any atom is -0.489 e. The van der Waals surface area contributed by atoms with Crippen molar-refractivity contribution in [2.75, 3.05) is 7.11 Å². The summed E-state index contributed by atoms with van der Waals surface area (Å²) in [6, 6.07) is 0. The highest BCUT2D eigenvalue weighted by atomic mass is 35.5. The van der Waals surface area contributed by atoms with E-state index in [0.29, 0.717) is 22.7 Å². The number of nitrogens with zero attached hydrogens (tertiary/aromatic N) is 2. The fourth-order valence-corrected chi connectivity index (χ4v) is 2.56. The van der Waals surface area contributed by atoms with Gasteiger partial charge in [-0.05, 0) is 31.1 Å². The summed E-state index contributed by atoms with van der Waals surface area (Å²) in [4.78, 5) is 7.99. The van der Waals surface area contributed by atoms with E-state index in [1.807, 2.05) is 0 Å². The van der Waals surface area contributed by atoms with E-state index >= 15 is 0 Å². The Morgan fingerprint density at radius 3 is 2.67 bits per heavy atom. The lowest BCUT2D eigenvalue weighted by Crippen LogP contribution is -2.29. The molecule has 1 aliphatic rings. The second kappa shape index (κ2) is 5.74. The maximum Gasteiger partial charge on any atom is 0.262 e. The van der Waals surface area contributed by atoms with Gasteiger partial charge >= 0.3 is 0 Å². The van der Waals surface area contributed by atoms with Gasteiger partial charge in [0.05, 0.1) is 7.11 Å². The molecule has 0 saturated heterocycles. The Morgan fingerprint density at radius 1 is 1.22 bits per heavy atom. The molecule has 3 unspecified atom stereocenters.